The first-order valence-corrected chi connectivity index (χ1v) is 6.71. The van der Waals surface area contributed by atoms with Gasteiger partial charge in [-0.1, -0.05) is 0 Å². The van der Waals surface area contributed by atoms with Crippen LogP contribution in [0.1, 0.15) is 34.4 Å². The van der Waals surface area contributed by atoms with Gasteiger partial charge in [0.25, 0.3) is 0 Å². The molecule has 2 aromatic heterocycles. The molecular weight excluding hydrogens is 292 g/mol. The number of furan rings is 1. The van der Waals surface area contributed by atoms with Crippen molar-refractivity contribution in [3.05, 3.63) is 51.1 Å². The summed E-state index contributed by atoms with van der Waals surface area (Å²) in [4.78, 5) is 4.35. The van der Waals surface area contributed by atoms with Crippen molar-refractivity contribution in [2.24, 2.45) is 5.73 Å². The third-order valence-corrected chi connectivity index (χ3v) is 3.68. The first-order valence-electron chi connectivity index (χ1n) is 5.91. The van der Waals surface area contributed by atoms with Gasteiger partial charge in [-0.2, -0.15) is 0 Å². The average Bonchev–Trinajstić information content (AvgIpc) is 2.56. The molecule has 0 fully saturated rings. The van der Waals surface area contributed by atoms with Crippen LogP contribution >= 0.6 is 15.9 Å². The summed E-state index contributed by atoms with van der Waals surface area (Å²) in [7, 11) is 0. The van der Waals surface area contributed by atoms with E-state index in [1.54, 1.807) is 6.20 Å². The fourth-order valence-electron chi connectivity index (χ4n) is 2.21. The molecule has 4 heteroatoms. The predicted molar refractivity (Wildman–Crippen MR) is 75.5 cm³/mol. The number of aromatic nitrogens is 1. The van der Waals surface area contributed by atoms with Crippen molar-refractivity contribution in [1.29, 1.82) is 0 Å². The van der Waals surface area contributed by atoms with Gasteiger partial charge in [-0.05, 0) is 54.4 Å². The molecule has 2 heterocycles. The molecule has 3 nitrogen and oxygen atoms in total. The van der Waals surface area contributed by atoms with Crippen molar-refractivity contribution in [2.45, 2.75) is 33.2 Å². The number of rotatable bonds is 3. The summed E-state index contributed by atoms with van der Waals surface area (Å²) >= 11 is 3.37. The number of hydrogen-bond donors (Lipinski definition) is 1. The zero-order chi connectivity index (χ0) is 13.3. The maximum atomic E-state index is 6.27. The lowest BCUT2D eigenvalue weighted by Crippen LogP contribution is -2.15. The molecule has 0 aliphatic heterocycles. The maximum absolute atomic E-state index is 6.27. The van der Waals surface area contributed by atoms with Crippen molar-refractivity contribution in [3.8, 4) is 0 Å². The molecule has 0 aliphatic carbocycles. The van der Waals surface area contributed by atoms with E-state index in [1.807, 2.05) is 26.0 Å². The Kier molecular flexibility index (Phi) is 3.88. The van der Waals surface area contributed by atoms with Crippen LogP contribution in [0.2, 0.25) is 0 Å². The minimum Gasteiger partial charge on any atom is -0.466 e. The Morgan fingerprint density at radius 1 is 1.28 bits per heavy atom. The molecule has 0 bridgehead atoms. The van der Waals surface area contributed by atoms with Crippen LogP contribution in [0, 0.1) is 20.8 Å². The Morgan fingerprint density at radius 2 is 2.00 bits per heavy atom. The van der Waals surface area contributed by atoms with E-state index in [4.69, 9.17) is 10.2 Å². The van der Waals surface area contributed by atoms with Gasteiger partial charge in [0.1, 0.15) is 11.5 Å². The molecule has 1 unspecified atom stereocenters. The average molecular weight is 309 g/mol. The summed E-state index contributed by atoms with van der Waals surface area (Å²) in [6.07, 6.45) is 2.51. The lowest BCUT2D eigenvalue weighted by atomic mass is 9.99. The second-order valence-electron chi connectivity index (χ2n) is 4.53. The molecule has 2 aromatic rings. The van der Waals surface area contributed by atoms with E-state index in [0.717, 1.165) is 32.8 Å². The van der Waals surface area contributed by atoms with Crippen LogP contribution < -0.4 is 5.73 Å². The van der Waals surface area contributed by atoms with Crippen LogP contribution in [-0.4, -0.2) is 4.98 Å². The number of nitrogens with two attached hydrogens (primary N) is 1. The lowest BCUT2D eigenvalue weighted by molar-refractivity contribution is 0.496. The van der Waals surface area contributed by atoms with Crippen molar-refractivity contribution >= 4 is 15.9 Å². The van der Waals surface area contributed by atoms with E-state index in [1.165, 1.54) is 0 Å². The highest BCUT2D eigenvalue weighted by Crippen LogP contribution is 2.27. The summed E-state index contributed by atoms with van der Waals surface area (Å²) in [5, 5.41) is 0. The molecule has 2 rings (SSSR count). The molecule has 18 heavy (non-hydrogen) atoms. The van der Waals surface area contributed by atoms with E-state index in [2.05, 4.69) is 27.8 Å². The van der Waals surface area contributed by atoms with Crippen molar-refractivity contribution in [2.75, 3.05) is 0 Å². The molecular formula is C14H17BrN2O. The van der Waals surface area contributed by atoms with Gasteiger partial charge in [-0.15, -0.1) is 0 Å². The Balaban J connectivity index is 2.21. The van der Waals surface area contributed by atoms with Gasteiger partial charge in [0.15, 0.2) is 0 Å². The summed E-state index contributed by atoms with van der Waals surface area (Å²) in [5.41, 5.74) is 9.52. The molecule has 0 saturated carbocycles. The van der Waals surface area contributed by atoms with E-state index in [9.17, 15) is 0 Å². The van der Waals surface area contributed by atoms with Gasteiger partial charge >= 0.3 is 0 Å². The minimum atomic E-state index is -0.0730. The first-order chi connectivity index (χ1) is 8.49. The predicted octanol–water partition coefficient (Wildman–Crippen LogP) is 3.60. The zero-order valence-electron chi connectivity index (χ0n) is 10.8. The van der Waals surface area contributed by atoms with E-state index >= 15 is 0 Å². The van der Waals surface area contributed by atoms with Crippen molar-refractivity contribution < 1.29 is 4.42 Å². The van der Waals surface area contributed by atoms with Gasteiger partial charge in [0.05, 0.1) is 0 Å². The molecule has 1 atom stereocenters. The highest BCUT2D eigenvalue weighted by molar-refractivity contribution is 9.10. The van der Waals surface area contributed by atoms with Gasteiger partial charge in [0, 0.05) is 34.4 Å². The van der Waals surface area contributed by atoms with Crippen molar-refractivity contribution in [1.82, 2.24) is 4.98 Å². The van der Waals surface area contributed by atoms with Crippen molar-refractivity contribution in [3.63, 3.8) is 0 Å². The highest BCUT2D eigenvalue weighted by atomic mass is 79.9. The molecule has 0 spiro atoms. The normalized spacial score (nSPS) is 12.7. The molecule has 0 aliphatic rings. The fraction of sp³-hybridized carbons (Fsp3) is 0.357. The lowest BCUT2D eigenvalue weighted by Gasteiger charge is -2.11. The maximum Gasteiger partial charge on any atom is 0.106 e. The Hall–Kier alpha value is -1.13. The summed E-state index contributed by atoms with van der Waals surface area (Å²) < 4.78 is 6.59. The summed E-state index contributed by atoms with van der Waals surface area (Å²) in [6, 6.07) is 3.90. The third kappa shape index (κ3) is 2.65. The minimum absolute atomic E-state index is 0.0730. The second-order valence-corrected chi connectivity index (χ2v) is 5.45. The molecule has 96 valence electrons. The second kappa shape index (κ2) is 5.24. The standard InChI is InChI=1S/C14H17BrN2O/c1-8-9(2)18-10(3)14(8)13(16)6-12-5-4-11(15)7-17-12/h4-5,7,13H,6,16H2,1-3H3. The quantitative estimate of drug-likeness (QED) is 0.942. The Bertz CT molecular complexity index is 546. The zero-order valence-corrected chi connectivity index (χ0v) is 12.4. The third-order valence-electron chi connectivity index (χ3n) is 3.21. The highest BCUT2D eigenvalue weighted by Gasteiger charge is 2.18. The van der Waals surface area contributed by atoms with Crippen LogP contribution in [0.25, 0.3) is 0 Å². The number of aryl methyl sites for hydroxylation is 2. The number of hydrogen-bond acceptors (Lipinski definition) is 3. The monoisotopic (exact) mass is 308 g/mol. The van der Waals surface area contributed by atoms with Crippen LogP contribution in [0.3, 0.4) is 0 Å². The van der Waals surface area contributed by atoms with Gasteiger partial charge in [-0.3, -0.25) is 4.98 Å². The number of halogens is 1. The SMILES string of the molecule is Cc1oc(C)c(C(N)Cc2ccc(Br)cn2)c1C. The topological polar surface area (TPSA) is 52.0 Å². The van der Waals surface area contributed by atoms with Gasteiger partial charge in [0.2, 0.25) is 0 Å². The Morgan fingerprint density at radius 3 is 2.50 bits per heavy atom. The van der Waals surface area contributed by atoms with Crippen LogP contribution in [0.5, 0.6) is 0 Å². The van der Waals surface area contributed by atoms with Crippen LogP contribution in [-0.2, 0) is 6.42 Å². The summed E-state index contributed by atoms with van der Waals surface area (Å²) in [5.74, 6) is 1.86. The largest absolute Gasteiger partial charge is 0.466 e. The van der Waals surface area contributed by atoms with E-state index in [0.29, 0.717) is 6.42 Å². The van der Waals surface area contributed by atoms with E-state index < -0.39 is 0 Å². The van der Waals surface area contributed by atoms with Gasteiger partial charge < -0.3 is 10.2 Å². The molecule has 2 N–H and O–H groups in total. The molecule has 0 amide bonds. The molecule has 0 radical (unpaired) electrons. The smallest absolute Gasteiger partial charge is 0.106 e. The van der Waals surface area contributed by atoms with Crippen LogP contribution in [0.4, 0.5) is 0 Å². The number of nitrogens with zero attached hydrogens (tertiary/aromatic N) is 1. The first kappa shape index (κ1) is 13.3. The molecule has 0 saturated heterocycles. The van der Waals surface area contributed by atoms with E-state index in [-0.39, 0.29) is 6.04 Å². The van der Waals surface area contributed by atoms with Gasteiger partial charge in [-0.25, -0.2) is 0 Å². The summed E-state index contributed by atoms with van der Waals surface area (Å²) in [6.45, 7) is 5.98. The fourth-order valence-corrected chi connectivity index (χ4v) is 2.44. The molecule has 0 aromatic carbocycles. The van der Waals surface area contributed by atoms with Crippen LogP contribution in [0.15, 0.2) is 27.2 Å². The Labute approximate surface area is 116 Å². The number of pyridine rings is 1.